The van der Waals surface area contributed by atoms with Crippen LogP contribution in [0.5, 0.6) is 5.75 Å². The summed E-state index contributed by atoms with van der Waals surface area (Å²) in [6.45, 7) is 3.42. The number of carbonyl (C=O) groups is 1. The van der Waals surface area contributed by atoms with Crippen molar-refractivity contribution in [2.24, 2.45) is 5.10 Å². The van der Waals surface area contributed by atoms with Crippen LogP contribution in [0.2, 0.25) is 0 Å². The third kappa shape index (κ3) is 4.46. The van der Waals surface area contributed by atoms with Crippen molar-refractivity contribution in [1.82, 2.24) is 10.4 Å². The summed E-state index contributed by atoms with van der Waals surface area (Å²) in [4.78, 5) is 15.6. The quantitative estimate of drug-likeness (QED) is 0.603. The average Bonchev–Trinajstić information content (AvgIpc) is 3.02. The zero-order valence-electron chi connectivity index (χ0n) is 13.2. The second-order valence-electron chi connectivity index (χ2n) is 4.82. The summed E-state index contributed by atoms with van der Waals surface area (Å²) < 4.78 is 5.14. The normalized spacial score (nSPS) is 11.2. The standard InChI is InChI=1S/C16H18N4O2S/c1-10(16(17)11(2)21)20-18-8-15-19-14(9-23-15)12-4-6-13(22-3)7-5-12/h4-7,9,17-18H,8H2,1-3H3/b17-16?,20-10-. The number of thiazole rings is 1. The summed E-state index contributed by atoms with van der Waals surface area (Å²) in [7, 11) is 1.63. The maximum Gasteiger partial charge on any atom is 0.179 e. The number of aromatic nitrogens is 1. The number of ketones is 1. The lowest BCUT2D eigenvalue weighted by Crippen LogP contribution is -2.21. The van der Waals surface area contributed by atoms with Gasteiger partial charge in [0.1, 0.15) is 16.5 Å². The van der Waals surface area contributed by atoms with Crippen LogP contribution in [-0.4, -0.2) is 29.3 Å². The van der Waals surface area contributed by atoms with Crippen LogP contribution in [0, 0.1) is 5.41 Å². The number of hydrogen-bond acceptors (Lipinski definition) is 7. The molecule has 0 bridgehead atoms. The molecule has 6 nitrogen and oxygen atoms in total. The van der Waals surface area contributed by atoms with Crippen molar-refractivity contribution in [1.29, 1.82) is 5.41 Å². The molecule has 0 fully saturated rings. The number of nitrogens with zero attached hydrogens (tertiary/aromatic N) is 2. The Kier molecular flexibility index (Phi) is 5.59. The third-order valence-corrected chi connectivity index (χ3v) is 3.98. The van der Waals surface area contributed by atoms with Crippen LogP contribution in [-0.2, 0) is 11.3 Å². The van der Waals surface area contributed by atoms with Gasteiger partial charge in [-0.2, -0.15) is 5.10 Å². The highest BCUT2D eigenvalue weighted by Crippen LogP contribution is 2.24. The summed E-state index contributed by atoms with van der Waals surface area (Å²) >= 11 is 1.53. The van der Waals surface area contributed by atoms with Gasteiger partial charge in [0.15, 0.2) is 5.78 Å². The van der Waals surface area contributed by atoms with Gasteiger partial charge < -0.3 is 10.2 Å². The molecule has 0 atom stereocenters. The second-order valence-corrected chi connectivity index (χ2v) is 5.76. The van der Waals surface area contributed by atoms with Gasteiger partial charge in [-0.05, 0) is 31.2 Å². The number of ether oxygens (including phenoxy) is 1. The number of hydrazone groups is 1. The van der Waals surface area contributed by atoms with Crippen molar-refractivity contribution >= 4 is 28.5 Å². The van der Waals surface area contributed by atoms with E-state index in [9.17, 15) is 4.79 Å². The number of rotatable bonds is 7. The summed E-state index contributed by atoms with van der Waals surface area (Å²) in [6, 6.07) is 7.71. The smallest absolute Gasteiger partial charge is 0.179 e. The molecule has 23 heavy (non-hydrogen) atoms. The zero-order valence-corrected chi connectivity index (χ0v) is 14.0. The van der Waals surface area contributed by atoms with Crippen LogP contribution in [0.1, 0.15) is 18.9 Å². The van der Waals surface area contributed by atoms with Crippen molar-refractivity contribution in [2.45, 2.75) is 20.4 Å². The molecule has 1 aromatic carbocycles. The third-order valence-electron chi connectivity index (χ3n) is 3.13. The van der Waals surface area contributed by atoms with Gasteiger partial charge in [0.2, 0.25) is 0 Å². The molecule has 0 saturated heterocycles. The Morgan fingerprint density at radius 2 is 2.04 bits per heavy atom. The van der Waals surface area contributed by atoms with Gasteiger partial charge in [-0.25, -0.2) is 4.98 Å². The molecular weight excluding hydrogens is 312 g/mol. The largest absolute Gasteiger partial charge is 0.497 e. The summed E-state index contributed by atoms with van der Waals surface area (Å²) in [6.07, 6.45) is 0. The Morgan fingerprint density at radius 3 is 2.65 bits per heavy atom. The SMILES string of the molecule is COc1ccc(-c2csc(CN/N=C(/C)C(=N)C(C)=O)n2)cc1. The second kappa shape index (κ2) is 7.64. The van der Waals surface area contributed by atoms with E-state index < -0.39 is 0 Å². The Hall–Kier alpha value is -2.54. The maximum atomic E-state index is 11.1. The lowest BCUT2D eigenvalue weighted by Gasteiger charge is -2.01. The minimum atomic E-state index is -0.302. The van der Waals surface area contributed by atoms with Gasteiger partial charge >= 0.3 is 0 Å². The summed E-state index contributed by atoms with van der Waals surface area (Å²) in [5.41, 5.74) is 5.04. The highest BCUT2D eigenvalue weighted by molar-refractivity contribution is 7.09. The first-order chi connectivity index (χ1) is 11.0. The molecule has 2 N–H and O–H groups in total. The average molecular weight is 330 g/mol. The van der Waals surface area contributed by atoms with E-state index in [0.29, 0.717) is 12.3 Å². The Balaban J connectivity index is 1.98. The first-order valence-corrected chi connectivity index (χ1v) is 7.85. The van der Waals surface area contributed by atoms with Crippen LogP contribution in [0.4, 0.5) is 0 Å². The fraction of sp³-hybridized carbons (Fsp3) is 0.250. The lowest BCUT2D eigenvalue weighted by atomic mass is 10.2. The van der Waals surface area contributed by atoms with Crippen molar-refractivity contribution < 1.29 is 9.53 Å². The molecule has 0 aliphatic heterocycles. The predicted molar refractivity (Wildman–Crippen MR) is 92.5 cm³/mol. The van der Waals surface area contributed by atoms with Crippen molar-refractivity contribution in [3.8, 4) is 17.0 Å². The number of nitrogens with one attached hydrogen (secondary N) is 2. The number of methoxy groups -OCH3 is 1. The van der Waals surface area contributed by atoms with E-state index in [1.807, 2.05) is 29.6 Å². The summed E-state index contributed by atoms with van der Waals surface area (Å²) in [5.74, 6) is 0.507. The van der Waals surface area contributed by atoms with E-state index in [1.165, 1.54) is 18.3 Å². The van der Waals surface area contributed by atoms with Gasteiger partial charge in [0.25, 0.3) is 0 Å². The molecule has 0 spiro atoms. The highest BCUT2D eigenvalue weighted by atomic mass is 32.1. The molecule has 2 aromatic rings. The van der Waals surface area contributed by atoms with Crippen LogP contribution >= 0.6 is 11.3 Å². The maximum absolute atomic E-state index is 11.1. The van der Waals surface area contributed by atoms with Gasteiger partial charge in [-0.15, -0.1) is 11.3 Å². The number of benzene rings is 1. The summed E-state index contributed by atoms with van der Waals surface area (Å²) in [5, 5.41) is 14.4. The molecule has 0 amide bonds. The molecule has 1 aromatic heterocycles. The van der Waals surface area contributed by atoms with Crippen LogP contribution < -0.4 is 10.2 Å². The van der Waals surface area contributed by atoms with Gasteiger partial charge in [-0.1, -0.05) is 0 Å². The Morgan fingerprint density at radius 1 is 1.35 bits per heavy atom. The molecule has 0 aliphatic carbocycles. The van der Waals surface area contributed by atoms with Crippen LogP contribution in [0.3, 0.4) is 0 Å². The van der Waals surface area contributed by atoms with E-state index in [0.717, 1.165) is 22.0 Å². The number of hydrogen-bond donors (Lipinski definition) is 2. The molecule has 2 rings (SSSR count). The minimum absolute atomic E-state index is 0.0874. The molecule has 0 unspecified atom stereocenters. The Bertz CT molecular complexity index is 735. The van der Waals surface area contributed by atoms with Gasteiger partial charge in [0.05, 0.1) is 25.1 Å². The van der Waals surface area contributed by atoms with Gasteiger partial charge in [-0.3, -0.25) is 10.2 Å². The van der Waals surface area contributed by atoms with E-state index in [1.54, 1.807) is 14.0 Å². The van der Waals surface area contributed by atoms with Crippen LogP contribution in [0.25, 0.3) is 11.3 Å². The van der Waals surface area contributed by atoms with Crippen molar-refractivity contribution in [3.63, 3.8) is 0 Å². The first kappa shape index (κ1) is 16.8. The molecule has 0 aliphatic rings. The molecular formula is C16H18N4O2S. The number of Topliss-reactive ketones (excluding diaryl/α,β-unsaturated/α-hetero) is 1. The number of carbonyl (C=O) groups excluding carboxylic acids is 1. The van der Waals surface area contributed by atoms with E-state index in [4.69, 9.17) is 10.1 Å². The van der Waals surface area contributed by atoms with E-state index in [2.05, 4.69) is 15.5 Å². The Labute approximate surface area is 138 Å². The predicted octanol–water partition coefficient (Wildman–Crippen LogP) is 2.89. The molecule has 120 valence electrons. The van der Waals surface area contributed by atoms with E-state index in [-0.39, 0.29) is 11.5 Å². The minimum Gasteiger partial charge on any atom is -0.497 e. The van der Waals surface area contributed by atoms with Crippen LogP contribution in [0.15, 0.2) is 34.7 Å². The molecule has 0 radical (unpaired) electrons. The molecule has 7 heteroatoms. The van der Waals surface area contributed by atoms with Crippen molar-refractivity contribution in [3.05, 3.63) is 34.7 Å². The van der Waals surface area contributed by atoms with E-state index >= 15 is 0 Å². The molecule has 0 saturated carbocycles. The lowest BCUT2D eigenvalue weighted by molar-refractivity contribution is -0.110. The highest BCUT2D eigenvalue weighted by Gasteiger charge is 2.07. The zero-order chi connectivity index (χ0) is 16.8. The van der Waals surface area contributed by atoms with Crippen molar-refractivity contribution in [2.75, 3.05) is 7.11 Å². The fourth-order valence-corrected chi connectivity index (χ4v) is 2.56. The fourth-order valence-electron chi connectivity index (χ4n) is 1.82. The monoisotopic (exact) mass is 330 g/mol. The first-order valence-electron chi connectivity index (χ1n) is 6.97. The van der Waals surface area contributed by atoms with Gasteiger partial charge in [0, 0.05) is 17.9 Å². The topological polar surface area (TPSA) is 87.4 Å². The molecule has 1 heterocycles.